The number of nitriles is 1. The van der Waals surface area contributed by atoms with Crippen molar-refractivity contribution in [2.24, 2.45) is 0 Å². The SMILES string of the molecule is Cc1cccc2nc(COc3cccc(C#N)c3)cc(=O)n12. The summed E-state index contributed by atoms with van der Waals surface area (Å²) in [7, 11) is 0. The maximum atomic E-state index is 12.2. The molecule has 0 aliphatic rings. The molecule has 0 spiro atoms. The normalized spacial score (nSPS) is 10.4. The molecule has 5 heteroatoms. The first-order valence-electron chi connectivity index (χ1n) is 6.78. The minimum absolute atomic E-state index is 0.132. The molecule has 0 unspecified atom stereocenters. The van der Waals surface area contributed by atoms with E-state index in [0.29, 0.717) is 22.7 Å². The Morgan fingerprint density at radius 1 is 1.23 bits per heavy atom. The van der Waals surface area contributed by atoms with E-state index >= 15 is 0 Å². The first-order chi connectivity index (χ1) is 10.7. The van der Waals surface area contributed by atoms with Crippen LogP contribution in [0.5, 0.6) is 5.75 Å². The highest BCUT2D eigenvalue weighted by molar-refractivity contribution is 5.40. The molecule has 0 amide bonds. The van der Waals surface area contributed by atoms with Crippen molar-refractivity contribution in [3.63, 3.8) is 0 Å². The molecule has 0 aliphatic heterocycles. The van der Waals surface area contributed by atoms with Crippen LogP contribution in [0, 0.1) is 18.3 Å². The van der Waals surface area contributed by atoms with Crippen LogP contribution < -0.4 is 10.3 Å². The van der Waals surface area contributed by atoms with Gasteiger partial charge in [-0.05, 0) is 37.3 Å². The Kier molecular flexibility index (Phi) is 3.58. The van der Waals surface area contributed by atoms with Gasteiger partial charge in [0.2, 0.25) is 0 Å². The van der Waals surface area contributed by atoms with Gasteiger partial charge in [0.1, 0.15) is 18.0 Å². The average Bonchev–Trinajstić information content (AvgIpc) is 2.53. The predicted molar refractivity (Wildman–Crippen MR) is 81.7 cm³/mol. The minimum Gasteiger partial charge on any atom is -0.487 e. The minimum atomic E-state index is -0.132. The van der Waals surface area contributed by atoms with E-state index in [4.69, 9.17) is 10.00 Å². The second-order valence-electron chi connectivity index (χ2n) is 4.87. The Labute approximate surface area is 127 Å². The maximum absolute atomic E-state index is 12.2. The Balaban J connectivity index is 1.88. The molecule has 108 valence electrons. The van der Waals surface area contributed by atoms with Gasteiger partial charge in [0.05, 0.1) is 17.3 Å². The maximum Gasteiger partial charge on any atom is 0.258 e. The highest BCUT2D eigenvalue weighted by Crippen LogP contribution is 2.14. The fraction of sp³-hybridized carbons (Fsp3) is 0.118. The molecule has 5 nitrogen and oxygen atoms in total. The lowest BCUT2D eigenvalue weighted by Crippen LogP contribution is -2.18. The van der Waals surface area contributed by atoms with Gasteiger partial charge in [-0.3, -0.25) is 9.20 Å². The van der Waals surface area contributed by atoms with E-state index < -0.39 is 0 Å². The molecule has 3 rings (SSSR count). The molecule has 0 saturated carbocycles. The van der Waals surface area contributed by atoms with Crippen LogP contribution >= 0.6 is 0 Å². The van der Waals surface area contributed by atoms with Crippen LogP contribution in [0.4, 0.5) is 0 Å². The predicted octanol–water partition coefficient (Wildman–Crippen LogP) is 2.45. The Morgan fingerprint density at radius 2 is 2.05 bits per heavy atom. The number of hydrogen-bond acceptors (Lipinski definition) is 4. The topological polar surface area (TPSA) is 67.4 Å². The molecular weight excluding hydrogens is 278 g/mol. The number of aromatic nitrogens is 2. The highest BCUT2D eigenvalue weighted by Gasteiger charge is 2.05. The van der Waals surface area contributed by atoms with Crippen molar-refractivity contribution in [2.75, 3.05) is 0 Å². The van der Waals surface area contributed by atoms with Gasteiger partial charge in [-0.25, -0.2) is 4.98 Å². The van der Waals surface area contributed by atoms with Gasteiger partial charge in [-0.1, -0.05) is 12.1 Å². The van der Waals surface area contributed by atoms with Gasteiger partial charge in [0.15, 0.2) is 0 Å². The van der Waals surface area contributed by atoms with Crippen LogP contribution in [0.2, 0.25) is 0 Å². The van der Waals surface area contributed by atoms with Gasteiger partial charge in [0, 0.05) is 11.8 Å². The lowest BCUT2D eigenvalue weighted by Gasteiger charge is -2.08. The zero-order valence-electron chi connectivity index (χ0n) is 12.0. The molecule has 0 bridgehead atoms. The zero-order valence-corrected chi connectivity index (χ0v) is 12.0. The van der Waals surface area contributed by atoms with E-state index in [1.54, 1.807) is 34.7 Å². The van der Waals surface area contributed by atoms with Crippen LogP contribution in [0.1, 0.15) is 17.0 Å². The van der Waals surface area contributed by atoms with Gasteiger partial charge < -0.3 is 4.74 Å². The fourth-order valence-corrected chi connectivity index (χ4v) is 2.25. The van der Waals surface area contributed by atoms with Crippen LogP contribution in [0.25, 0.3) is 5.65 Å². The summed E-state index contributed by atoms with van der Waals surface area (Å²) in [6.07, 6.45) is 0. The van der Waals surface area contributed by atoms with Crippen molar-refractivity contribution in [1.29, 1.82) is 5.26 Å². The molecule has 2 heterocycles. The third-order valence-electron chi connectivity index (χ3n) is 3.28. The zero-order chi connectivity index (χ0) is 15.5. The van der Waals surface area contributed by atoms with E-state index in [-0.39, 0.29) is 12.2 Å². The molecule has 0 radical (unpaired) electrons. The van der Waals surface area contributed by atoms with Crippen LogP contribution in [0.15, 0.2) is 53.3 Å². The lowest BCUT2D eigenvalue weighted by atomic mass is 10.2. The van der Waals surface area contributed by atoms with E-state index in [1.165, 1.54) is 6.07 Å². The molecule has 2 aromatic heterocycles. The number of hydrogen-bond donors (Lipinski definition) is 0. The van der Waals surface area contributed by atoms with Crippen molar-refractivity contribution >= 4 is 5.65 Å². The Hall–Kier alpha value is -3.13. The number of pyridine rings is 1. The third kappa shape index (κ3) is 2.67. The molecule has 3 aromatic rings. The molecule has 0 N–H and O–H groups in total. The highest BCUT2D eigenvalue weighted by atomic mass is 16.5. The molecular formula is C17H13N3O2. The first kappa shape index (κ1) is 13.8. The quantitative estimate of drug-likeness (QED) is 0.743. The fourth-order valence-electron chi connectivity index (χ4n) is 2.25. The number of rotatable bonds is 3. The molecule has 0 saturated heterocycles. The largest absolute Gasteiger partial charge is 0.487 e. The monoisotopic (exact) mass is 291 g/mol. The van der Waals surface area contributed by atoms with Gasteiger partial charge in [0.25, 0.3) is 5.56 Å². The summed E-state index contributed by atoms with van der Waals surface area (Å²) in [5.41, 5.74) is 2.38. The van der Waals surface area contributed by atoms with E-state index in [1.807, 2.05) is 19.1 Å². The molecule has 0 aliphatic carbocycles. The van der Waals surface area contributed by atoms with Gasteiger partial charge in [-0.2, -0.15) is 5.26 Å². The summed E-state index contributed by atoms with van der Waals surface area (Å²) in [6.45, 7) is 2.04. The van der Waals surface area contributed by atoms with Crippen LogP contribution in [-0.4, -0.2) is 9.38 Å². The number of benzene rings is 1. The van der Waals surface area contributed by atoms with Gasteiger partial charge >= 0.3 is 0 Å². The Bertz CT molecular complexity index is 939. The summed E-state index contributed by atoms with van der Waals surface area (Å²) in [6, 6.07) is 15.9. The standard InChI is InChI=1S/C17H13N3O2/c1-12-4-2-7-16-19-14(9-17(21)20(12)16)11-22-15-6-3-5-13(8-15)10-18/h2-9H,11H2,1H3. The van der Waals surface area contributed by atoms with Crippen LogP contribution in [0.3, 0.4) is 0 Å². The summed E-state index contributed by atoms with van der Waals surface area (Å²) in [5, 5.41) is 8.87. The molecule has 0 atom stereocenters. The number of nitrogens with zero attached hydrogens (tertiary/aromatic N) is 3. The number of fused-ring (bicyclic) bond motifs is 1. The van der Waals surface area contributed by atoms with Crippen molar-refractivity contribution in [2.45, 2.75) is 13.5 Å². The van der Waals surface area contributed by atoms with Crippen molar-refractivity contribution in [3.8, 4) is 11.8 Å². The summed E-state index contributed by atoms with van der Waals surface area (Å²) >= 11 is 0. The van der Waals surface area contributed by atoms with Gasteiger partial charge in [-0.15, -0.1) is 0 Å². The van der Waals surface area contributed by atoms with Crippen molar-refractivity contribution in [1.82, 2.24) is 9.38 Å². The van der Waals surface area contributed by atoms with E-state index in [0.717, 1.165) is 5.69 Å². The summed E-state index contributed by atoms with van der Waals surface area (Å²) < 4.78 is 7.16. The molecule has 0 fully saturated rings. The van der Waals surface area contributed by atoms with Crippen molar-refractivity contribution < 1.29 is 4.74 Å². The number of ether oxygens (including phenoxy) is 1. The molecule has 1 aromatic carbocycles. The van der Waals surface area contributed by atoms with E-state index in [9.17, 15) is 4.79 Å². The average molecular weight is 291 g/mol. The summed E-state index contributed by atoms with van der Waals surface area (Å²) in [5.74, 6) is 0.574. The molecule has 22 heavy (non-hydrogen) atoms. The Morgan fingerprint density at radius 3 is 2.86 bits per heavy atom. The summed E-state index contributed by atoms with van der Waals surface area (Å²) in [4.78, 5) is 16.6. The smallest absolute Gasteiger partial charge is 0.258 e. The number of aryl methyl sites for hydroxylation is 1. The third-order valence-corrected chi connectivity index (χ3v) is 3.28. The van der Waals surface area contributed by atoms with Crippen LogP contribution in [-0.2, 0) is 6.61 Å². The lowest BCUT2D eigenvalue weighted by molar-refractivity contribution is 0.301. The second kappa shape index (κ2) is 5.70. The van der Waals surface area contributed by atoms with Crippen molar-refractivity contribution in [3.05, 3.63) is 75.8 Å². The van der Waals surface area contributed by atoms with E-state index in [2.05, 4.69) is 11.1 Å². The second-order valence-corrected chi connectivity index (χ2v) is 4.87. The first-order valence-corrected chi connectivity index (χ1v) is 6.78.